The van der Waals surface area contributed by atoms with Gasteiger partial charge >= 0.3 is 0 Å². The van der Waals surface area contributed by atoms with E-state index >= 15 is 0 Å². The van der Waals surface area contributed by atoms with Gasteiger partial charge in [0, 0.05) is 56.3 Å². The van der Waals surface area contributed by atoms with Crippen LogP contribution in [0, 0.1) is 17.7 Å². The predicted octanol–water partition coefficient (Wildman–Crippen LogP) is 2.78. The number of carbonyl (C=O) groups is 1. The van der Waals surface area contributed by atoms with Crippen LogP contribution < -0.4 is 4.90 Å². The number of likely N-dealkylation sites (tertiary alicyclic amines) is 1. The van der Waals surface area contributed by atoms with Crippen molar-refractivity contribution in [2.75, 3.05) is 38.3 Å². The van der Waals surface area contributed by atoms with Crippen molar-refractivity contribution in [2.24, 2.45) is 11.8 Å². The Morgan fingerprint density at radius 1 is 1.21 bits per heavy atom. The molecule has 2 aromatic rings. The zero-order valence-electron chi connectivity index (χ0n) is 16.5. The van der Waals surface area contributed by atoms with Crippen molar-refractivity contribution in [2.45, 2.75) is 24.8 Å². The van der Waals surface area contributed by atoms with Gasteiger partial charge in [-0.3, -0.25) is 4.79 Å². The lowest BCUT2D eigenvalue weighted by atomic mass is 9.89. The average Bonchev–Trinajstić information content (AvgIpc) is 3.39. The number of anilines is 1. The number of hydrogen-bond donors (Lipinski definition) is 0. The van der Waals surface area contributed by atoms with Crippen molar-refractivity contribution in [1.82, 2.24) is 14.9 Å². The number of aromatic nitrogens is 2. The minimum absolute atomic E-state index is 0.0410. The number of carbonyl (C=O) groups excluding carboxylic acids is 1. The number of halogens is 1. The first-order valence-electron chi connectivity index (χ1n) is 10.2. The van der Waals surface area contributed by atoms with Crippen LogP contribution in [0.1, 0.15) is 36.1 Å². The molecule has 29 heavy (non-hydrogen) atoms. The molecule has 0 bridgehead atoms. The summed E-state index contributed by atoms with van der Waals surface area (Å²) in [5, 5.41) is 0. The fourth-order valence-electron chi connectivity index (χ4n) is 4.95. The number of ether oxygens (including phenoxy) is 1. The van der Waals surface area contributed by atoms with Crippen LogP contribution in [0.5, 0.6) is 0 Å². The van der Waals surface area contributed by atoms with Gasteiger partial charge in [0.1, 0.15) is 24.6 Å². The van der Waals surface area contributed by atoms with Crippen LogP contribution >= 0.6 is 0 Å². The molecule has 0 N–H and O–H groups in total. The molecule has 0 radical (unpaired) electrons. The Hall–Kier alpha value is -2.54. The Labute approximate surface area is 169 Å². The number of benzene rings is 1. The van der Waals surface area contributed by atoms with Gasteiger partial charge in [-0.25, -0.2) is 14.4 Å². The van der Waals surface area contributed by atoms with Crippen LogP contribution in [0.2, 0.25) is 0 Å². The molecule has 1 aromatic heterocycles. The number of methoxy groups -OCH3 is 1. The standard InChI is InChI=1S/C22H25FN4O2/c1-29-12-21(28)27-10-16-9-26(20-8-19(14-5-6-14)24-13-25-20)11-18(16)22(27)15-3-2-4-17(23)7-15/h2-4,7-8,13-14,16,18,22H,5-6,9-12H2,1H3/t16-,18-,22+/m1/s1. The summed E-state index contributed by atoms with van der Waals surface area (Å²) >= 11 is 0. The van der Waals surface area contributed by atoms with E-state index in [1.807, 2.05) is 11.0 Å². The Morgan fingerprint density at radius 2 is 2.07 bits per heavy atom. The fourth-order valence-corrected chi connectivity index (χ4v) is 4.95. The molecule has 2 saturated heterocycles. The molecule has 1 saturated carbocycles. The number of hydrogen-bond acceptors (Lipinski definition) is 5. The van der Waals surface area contributed by atoms with Gasteiger partial charge in [-0.05, 0) is 30.5 Å². The predicted molar refractivity (Wildman–Crippen MR) is 106 cm³/mol. The third kappa shape index (κ3) is 3.48. The van der Waals surface area contributed by atoms with Gasteiger partial charge < -0.3 is 14.5 Å². The van der Waals surface area contributed by atoms with E-state index in [-0.39, 0.29) is 30.3 Å². The summed E-state index contributed by atoms with van der Waals surface area (Å²) in [6.45, 7) is 2.34. The van der Waals surface area contributed by atoms with Crippen LogP contribution in [0.25, 0.3) is 0 Å². The van der Waals surface area contributed by atoms with Crippen molar-refractivity contribution in [3.63, 3.8) is 0 Å². The lowest BCUT2D eigenvalue weighted by Crippen LogP contribution is -2.37. The third-order valence-electron chi connectivity index (χ3n) is 6.44. The lowest BCUT2D eigenvalue weighted by molar-refractivity contribution is -0.136. The Bertz CT molecular complexity index is 919. The van der Waals surface area contributed by atoms with E-state index in [4.69, 9.17) is 4.74 Å². The van der Waals surface area contributed by atoms with E-state index in [9.17, 15) is 9.18 Å². The summed E-state index contributed by atoms with van der Waals surface area (Å²) in [6, 6.07) is 8.60. The summed E-state index contributed by atoms with van der Waals surface area (Å²) in [5.74, 6) is 1.79. The zero-order valence-corrected chi connectivity index (χ0v) is 16.5. The highest BCUT2D eigenvalue weighted by molar-refractivity contribution is 5.78. The maximum atomic E-state index is 14.0. The summed E-state index contributed by atoms with van der Waals surface area (Å²) in [7, 11) is 1.53. The van der Waals surface area contributed by atoms with Crippen LogP contribution in [-0.4, -0.2) is 54.1 Å². The molecular formula is C22H25FN4O2. The molecule has 0 spiro atoms. The van der Waals surface area contributed by atoms with E-state index in [1.165, 1.54) is 26.0 Å². The first-order valence-corrected chi connectivity index (χ1v) is 10.2. The monoisotopic (exact) mass is 396 g/mol. The molecule has 3 aliphatic rings. The fraction of sp³-hybridized carbons (Fsp3) is 0.500. The summed E-state index contributed by atoms with van der Waals surface area (Å²) in [5.41, 5.74) is 1.98. The second kappa shape index (κ2) is 7.37. The minimum atomic E-state index is -0.273. The molecule has 1 amide bonds. The first kappa shape index (κ1) is 18.5. The van der Waals surface area contributed by atoms with E-state index in [1.54, 1.807) is 18.5 Å². The molecule has 2 aliphatic heterocycles. The number of rotatable bonds is 5. The van der Waals surface area contributed by atoms with Gasteiger partial charge in [0.25, 0.3) is 0 Å². The van der Waals surface area contributed by atoms with Crippen LogP contribution in [0.15, 0.2) is 36.7 Å². The Balaban J connectivity index is 1.42. The second-order valence-electron chi connectivity index (χ2n) is 8.38. The second-order valence-corrected chi connectivity index (χ2v) is 8.38. The van der Waals surface area contributed by atoms with E-state index in [2.05, 4.69) is 20.9 Å². The summed E-state index contributed by atoms with van der Waals surface area (Å²) < 4.78 is 19.0. The van der Waals surface area contributed by atoms with E-state index in [0.29, 0.717) is 18.4 Å². The van der Waals surface area contributed by atoms with Gasteiger partial charge in [0.15, 0.2) is 0 Å². The molecule has 5 rings (SSSR count). The molecule has 6 nitrogen and oxygen atoms in total. The molecule has 0 unspecified atom stereocenters. The zero-order chi connectivity index (χ0) is 20.0. The van der Waals surface area contributed by atoms with E-state index in [0.717, 1.165) is 30.2 Å². The Kier molecular flexibility index (Phi) is 4.70. The molecular weight excluding hydrogens is 371 g/mol. The topological polar surface area (TPSA) is 58.6 Å². The number of nitrogens with zero attached hydrogens (tertiary/aromatic N) is 4. The quantitative estimate of drug-likeness (QED) is 0.778. The smallest absolute Gasteiger partial charge is 0.249 e. The maximum absolute atomic E-state index is 14.0. The molecule has 152 valence electrons. The normalized spacial score (nSPS) is 26.1. The largest absolute Gasteiger partial charge is 0.375 e. The van der Waals surface area contributed by atoms with Gasteiger partial charge in [-0.2, -0.15) is 0 Å². The summed E-state index contributed by atoms with van der Waals surface area (Å²) in [6.07, 6.45) is 4.08. The number of amides is 1. The minimum Gasteiger partial charge on any atom is -0.375 e. The molecule has 3 fully saturated rings. The first-order chi connectivity index (χ1) is 14.1. The highest BCUT2D eigenvalue weighted by atomic mass is 19.1. The highest BCUT2D eigenvalue weighted by Crippen LogP contribution is 2.46. The third-order valence-corrected chi connectivity index (χ3v) is 6.44. The van der Waals surface area contributed by atoms with Crippen molar-refractivity contribution in [3.05, 3.63) is 53.7 Å². The van der Waals surface area contributed by atoms with Crippen molar-refractivity contribution >= 4 is 11.7 Å². The maximum Gasteiger partial charge on any atom is 0.249 e. The molecule has 3 atom stereocenters. The molecule has 3 heterocycles. The summed E-state index contributed by atoms with van der Waals surface area (Å²) in [4.78, 5) is 25.8. The van der Waals surface area contributed by atoms with Crippen LogP contribution in [0.3, 0.4) is 0 Å². The lowest BCUT2D eigenvalue weighted by Gasteiger charge is -2.30. The van der Waals surface area contributed by atoms with Crippen molar-refractivity contribution in [3.8, 4) is 0 Å². The SMILES string of the molecule is COCC(=O)N1C[C@H]2CN(c3cc(C4CC4)ncn3)C[C@H]2[C@@H]1c1cccc(F)c1. The van der Waals surface area contributed by atoms with Crippen LogP contribution in [0.4, 0.5) is 10.2 Å². The molecule has 1 aromatic carbocycles. The highest BCUT2D eigenvalue weighted by Gasteiger charge is 2.49. The van der Waals surface area contributed by atoms with Gasteiger partial charge in [-0.1, -0.05) is 12.1 Å². The Morgan fingerprint density at radius 3 is 2.83 bits per heavy atom. The van der Waals surface area contributed by atoms with Crippen molar-refractivity contribution in [1.29, 1.82) is 0 Å². The van der Waals surface area contributed by atoms with E-state index < -0.39 is 0 Å². The molecule has 1 aliphatic carbocycles. The van der Waals surface area contributed by atoms with Gasteiger partial charge in [0.05, 0.1) is 6.04 Å². The van der Waals surface area contributed by atoms with Gasteiger partial charge in [-0.15, -0.1) is 0 Å². The molecule has 7 heteroatoms. The van der Waals surface area contributed by atoms with Crippen LogP contribution in [-0.2, 0) is 9.53 Å². The average molecular weight is 396 g/mol. The van der Waals surface area contributed by atoms with Gasteiger partial charge in [0.2, 0.25) is 5.91 Å². The number of fused-ring (bicyclic) bond motifs is 1. The van der Waals surface area contributed by atoms with Crippen molar-refractivity contribution < 1.29 is 13.9 Å².